The van der Waals surface area contributed by atoms with E-state index in [0.717, 1.165) is 7.11 Å². The summed E-state index contributed by atoms with van der Waals surface area (Å²) in [5.74, 6) is -6.70. The third kappa shape index (κ3) is 8.70. The van der Waals surface area contributed by atoms with Gasteiger partial charge in [-0.15, -0.1) is 0 Å². The van der Waals surface area contributed by atoms with E-state index >= 15 is 0 Å². The number of methoxy groups -OCH3 is 1. The van der Waals surface area contributed by atoms with Gasteiger partial charge in [0.15, 0.2) is 11.1 Å². The second-order valence-corrected chi connectivity index (χ2v) is 14.6. The number of alkyl halides is 5. The van der Waals surface area contributed by atoms with Crippen molar-refractivity contribution in [2.24, 2.45) is 17.3 Å². The van der Waals surface area contributed by atoms with Crippen molar-refractivity contribution in [3.8, 4) is 0 Å². The van der Waals surface area contributed by atoms with Crippen LogP contribution in [0.5, 0.6) is 0 Å². The molecule has 2 unspecified atom stereocenters. The number of aryl methyl sites for hydroxylation is 1. The van der Waals surface area contributed by atoms with Gasteiger partial charge in [0.2, 0.25) is 11.8 Å². The third-order valence-corrected chi connectivity index (χ3v) is 9.54. The van der Waals surface area contributed by atoms with Crippen LogP contribution in [0.1, 0.15) is 95.6 Å². The number of hydrogen-bond donors (Lipinski definition) is 2. The van der Waals surface area contributed by atoms with Gasteiger partial charge in [0.05, 0.1) is 36.4 Å². The van der Waals surface area contributed by atoms with E-state index in [-0.39, 0.29) is 37.3 Å². The number of aromatic nitrogens is 5. The van der Waals surface area contributed by atoms with Crippen LogP contribution < -0.4 is 5.32 Å². The first kappa shape index (κ1) is 39.0. The number of imidazole rings is 1. The highest BCUT2D eigenvalue weighted by Gasteiger charge is 2.57. The van der Waals surface area contributed by atoms with Crippen molar-refractivity contribution in [1.82, 2.24) is 34.6 Å². The summed E-state index contributed by atoms with van der Waals surface area (Å²) in [4.78, 5) is 45.8. The second kappa shape index (κ2) is 14.7. The highest BCUT2D eigenvalue weighted by atomic mass is 19.4. The first-order valence-corrected chi connectivity index (χ1v) is 17.1. The van der Waals surface area contributed by atoms with Gasteiger partial charge >= 0.3 is 18.2 Å². The summed E-state index contributed by atoms with van der Waals surface area (Å²) in [6, 6.07) is 3.91. The molecule has 0 bridgehead atoms. The lowest BCUT2D eigenvalue weighted by molar-refractivity contribution is -0.177. The van der Waals surface area contributed by atoms with E-state index in [2.05, 4.69) is 20.5 Å². The van der Waals surface area contributed by atoms with E-state index in [0.29, 0.717) is 28.5 Å². The van der Waals surface area contributed by atoms with Crippen molar-refractivity contribution in [3.05, 3.63) is 47.7 Å². The van der Waals surface area contributed by atoms with Gasteiger partial charge in [-0.2, -0.15) is 23.4 Å². The van der Waals surface area contributed by atoms with Crippen LogP contribution >= 0.6 is 0 Å². The van der Waals surface area contributed by atoms with Crippen LogP contribution in [0.4, 0.5) is 26.7 Å². The van der Waals surface area contributed by atoms with Crippen LogP contribution in [0.25, 0.3) is 5.65 Å². The number of esters is 1. The zero-order valence-corrected chi connectivity index (χ0v) is 29.6. The number of aliphatic hydroxyl groups is 1. The van der Waals surface area contributed by atoms with Gasteiger partial charge in [-0.3, -0.25) is 19.6 Å². The molecule has 5 rings (SSSR count). The Bertz CT molecular complexity index is 1760. The topological polar surface area (TPSA) is 153 Å². The highest BCUT2D eigenvalue weighted by molar-refractivity contribution is 6.08. The fourth-order valence-electron chi connectivity index (χ4n) is 7.22. The smallest absolute Gasteiger partial charge is 0.417 e. The molecule has 13 nitrogen and oxygen atoms in total. The van der Waals surface area contributed by atoms with Crippen molar-refractivity contribution < 1.29 is 50.9 Å². The summed E-state index contributed by atoms with van der Waals surface area (Å²) >= 11 is 0. The number of piperidine rings is 1. The van der Waals surface area contributed by atoms with Crippen LogP contribution in [0.3, 0.4) is 0 Å². The zero-order valence-electron chi connectivity index (χ0n) is 29.6. The summed E-state index contributed by atoms with van der Waals surface area (Å²) in [5, 5.41) is 23.0. The number of ether oxygens (including phenoxy) is 2. The number of rotatable bonds is 10. The molecule has 286 valence electrons. The number of fused-ring (bicyclic) bond motifs is 1. The number of amides is 2. The molecule has 0 aromatic carbocycles. The number of nitrogens with zero attached hydrogens (tertiary/aromatic N) is 6. The summed E-state index contributed by atoms with van der Waals surface area (Å²) in [6.45, 7) is 6.31. The number of imide groups is 1. The van der Waals surface area contributed by atoms with Crippen LogP contribution in [0, 0.1) is 17.3 Å². The van der Waals surface area contributed by atoms with Crippen molar-refractivity contribution in [1.29, 1.82) is 0 Å². The Morgan fingerprint density at radius 1 is 1.13 bits per heavy atom. The minimum absolute atomic E-state index is 0.0979. The fourth-order valence-corrected chi connectivity index (χ4v) is 7.22. The highest BCUT2D eigenvalue weighted by Crippen LogP contribution is 2.44. The molecular weight excluding hydrogens is 697 g/mol. The van der Waals surface area contributed by atoms with E-state index in [1.807, 2.05) is 6.92 Å². The molecule has 18 heteroatoms. The Morgan fingerprint density at radius 2 is 1.83 bits per heavy atom. The summed E-state index contributed by atoms with van der Waals surface area (Å²) in [5.41, 5.74) is -2.11. The number of halogens is 5. The van der Waals surface area contributed by atoms with E-state index < -0.39 is 85.1 Å². The van der Waals surface area contributed by atoms with Crippen LogP contribution in [0.15, 0.2) is 30.6 Å². The Kier molecular flexibility index (Phi) is 11.0. The van der Waals surface area contributed by atoms with Gasteiger partial charge in [-0.05, 0) is 77.0 Å². The second-order valence-electron chi connectivity index (χ2n) is 14.6. The SMILES string of the molecule is CCn1nccc1C(O)N[C@H](c1cn2nc(C[C@]3(C(=O)OC)CC(CC(F)(F)F)CN(C(=O)OC(C)(C)C)C3=O)ccc2n1)C1CCC(F)(F)CC1. The minimum Gasteiger partial charge on any atom is -0.468 e. The molecule has 2 fully saturated rings. The standard InChI is InChI=1S/C34H44F5N7O6/c1-6-45-24(11-14-40-45)27(47)42-26(21-9-12-33(35,36)13-10-21)23-19-46-25(41-23)8-7-22(43-46)17-32(29(49)51-5)15-20(16-34(37,38)39)18-44(28(32)48)30(50)52-31(2,3)4/h7-8,11,14,19-21,26-27,42,47H,6,9-10,12-13,15-18H2,1-5H3/t20?,26-,27?,32+/m0/s1. The van der Waals surface area contributed by atoms with Gasteiger partial charge < -0.3 is 14.6 Å². The monoisotopic (exact) mass is 741 g/mol. The number of hydrogen-bond acceptors (Lipinski definition) is 10. The molecular formula is C34H44F5N7O6. The lowest BCUT2D eigenvalue weighted by Gasteiger charge is -2.42. The third-order valence-electron chi connectivity index (χ3n) is 9.54. The van der Waals surface area contributed by atoms with Gasteiger partial charge in [0, 0.05) is 45.0 Å². The Morgan fingerprint density at radius 3 is 2.44 bits per heavy atom. The van der Waals surface area contributed by atoms with Crippen molar-refractivity contribution in [3.63, 3.8) is 0 Å². The van der Waals surface area contributed by atoms with E-state index in [1.54, 1.807) is 10.7 Å². The normalized spacial score (nSPS) is 22.7. The van der Waals surface area contributed by atoms with Gasteiger partial charge in [0.1, 0.15) is 11.8 Å². The molecule has 2 aliphatic rings. The largest absolute Gasteiger partial charge is 0.468 e. The van der Waals surface area contributed by atoms with Crippen molar-refractivity contribution >= 4 is 23.6 Å². The Labute approximate surface area is 296 Å². The molecule has 52 heavy (non-hydrogen) atoms. The van der Waals surface area contributed by atoms with E-state index in [4.69, 9.17) is 9.47 Å². The molecule has 0 spiro atoms. The predicted molar refractivity (Wildman–Crippen MR) is 174 cm³/mol. The maximum absolute atomic E-state index is 14.2. The first-order valence-electron chi connectivity index (χ1n) is 17.1. The number of nitrogens with one attached hydrogen (secondary N) is 1. The Hall–Kier alpha value is -4.19. The molecule has 3 aromatic heterocycles. The summed E-state index contributed by atoms with van der Waals surface area (Å²) in [6.07, 6.45) is -6.87. The van der Waals surface area contributed by atoms with Gasteiger partial charge in [-0.25, -0.2) is 28.0 Å². The quantitative estimate of drug-likeness (QED) is 0.117. The van der Waals surface area contributed by atoms with E-state index in [1.165, 1.54) is 49.8 Å². The fraction of sp³-hybridized carbons (Fsp3) is 0.647. The lowest BCUT2D eigenvalue weighted by atomic mass is 9.70. The molecule has 1 saturated heterocycles. The predicted octanol–water partition coefficient (Wildman–Crippen LogP) is 5.53. The minimum atomic E-state index is -4.67. The molecule has 2 N–H and O–H groups in total. The average molecular weight is 742 g/mol. The molecule has 2 amide bonds. The Balaban J connectivity index is 1.50. The van der Waals surface area contributed by atoms with Crippen molar-refractivity contribution in [2.45, 2.75) is 109 Å². The summed E-state index contributed by atoms with van der Waals surface area (Å²) < 4.78 is 82.6. The average Bonchev–Trinajstić information content (AvgIpc) is 3.70. The number of carbonyl (C=O) groups is 3. The summed E-state index contributed by atoms with van der Waals surface area (Å²) in [7, 11) is 0.998. The molecule has 4 heterocycles. The first-order chi connectivity index (χ1) is 24.2. The van der Waals surface area contributed by atoms with Gasteiger partial charge in [-0.1, -0.05) is 0 Å². The lowest BCUT2D eigenvalue weighted by Crippen LogP contribution is -2.59. The molecule has 1 aliphatic heterocycles. The molecule has 1 aliphatic carbocycles. The number of aliphatic hydroxyl groups excluding tert-OH is 1. The van der Waals surface area contributed by atoms with E-state index in [9.17, 15) is 41.4 Å². The number of likely N-dealkylation sites (tertiary alicyclic amines) is 1. The zero-order chi connectivity index (χ0) is 38.2. The molecule has 1 saturated carbocycles. The van der Waals surface area contributed by atoms with Gasteiger partial charge in [0.25, 0.3) is 0 Å². The van der Waals surface area contributed by atoms with Crippen molar-refractivity contribution in [2.75, 3.05) is 13.7 Å². The molecule has 0 radical (unpaired) electrons. The van der Waals surface area contributed by atoms with Crippen LogP contribution in [-0.2, 0) is 32.0 Å². The van der Waals surface area contributed by atoms with Crippen LogP contribution in [-0.4, -0.2) is 83.7 Å². The molecule has 4 atom stereocenters. The molecule has 3 aromatic rings. The maximum Gasteiger partial charge on any atom is 0.417 e. The number of carbonyl (C=O) groups excluding carboxylic acids is 3. The maximum atomic E-state index is 14.2. The van der Waals surface area contributed by atoms with Crippen LogP contribution in [0.2, 0.25) is 0 Å².